The highest BCUT2D eigenvalue weighted by Gasteiger charge is 2.31. The number of rotatable bonds is 4. The van der Waals surface area contributed by atoms with Crippen molar-refractivity contribution in [2.45, 2.75) is 25.4 Å². The fraction of sp³-hybridized carbons (Fsp3) is 0.250. The van der Waals surface area contributed by atoms with Crippen LogP contribution in [0.4, 0.5) is 14.5 Å². The molecule has 0 atom stereocenters. The third kappa shape index (κ3) is 3.57. The van der Waals surface area contributed by atoms with E-state index in [-0.39, 0.29) is 5.69 Å². The highest BCUT2D eigenvalue weighted by atomic mass is 32.1. The van der Waals surface area contributed by atoms with Crippen LogP contribution in [0.25, 0.3) is 0 Å². The van der Waals surface area contributed by atoms with Crippen LogP contribution >= 0.6 is 12.2 Å². The molecule has 0 aliphatic heterocycles. The monoisotopic (exact) mass is 319 g/mol. The molecule has 1 fully saturated rings. The molecule has 114 valence electrons. The Labute approximate surface area is 133 Å². The van der Waals surface area contributed by atoms with Gasteiger partial charge in [0.2, 0.25) is 0 Å². The van der Waals surface area contributed by atoms with E-state index in [0.717, 1.165) is 24.5 Å². The molecule has 1 N–H and O–H groups in total. The lowest BCUT2D eigenvalue weighted by Gasteiger charge is -2.26. The van der Waals surface area contributed by atoms with Crippen molar-refractivity contribution in [1.29, 1.82) is 0 Å². The van der Waals surface area contributed by atoms with Crippen molar-refractivity contribution in [3.63, 3.8) is 0 Å². The van der Waals surface area contributed by atoms with Crippen molar-refractivity contribution < 1.29 is 8.78 Å². The van der Waals surface area contributed by atoms with Gasteiger partial charge in [0.1, 0.15) is 11.6 Å². The molecule has 1 aliphatic carbocycles. The minimum Gasteiger partial charge on any atom is -0.342 e. The number of nitrogens with one attached hydrogen (secondary N) is 1. The number of aromatic nitrogens is 1. The number of pyridine rings is 1. The van der Waals surface area contributed by atoms with E-state index >= 15 is 0 Å². The Kier molecular flexibility index (Phi) is 4.29. The zero-order valence-electron chi connectivity index (χ0n) is 11.8. The zero-order valence-corrected chi connectivity index (χ0v) is 12.6. The molecule has 0 spiro atoms. The van der Waals surface area contributed by atoms with Crippen LogP contribution in [-0.2, 0) is 6.54 Å². The molecular formula is C16H15F2N3S. The highest BCUT2D eigenvalue weighted by molar-refractivity contribution is 7.80. The first kappa shape index (κ1) is 14.8. The summed E-state index contributed by atoms with van der Waals surface area (Å²) in [5.41, 5.74) is 1.22. The van der Waals surface area contributed by atoms with Gasteiger partial charge in [-0.3, -0.25) is 4.98 Å². The van der Waals surface area contributed by atoms with Crippen molar-refractivity contribution >= 4 is 23.0 Å². The summed E-state index contributed by atoms with van der Waals surface area (Å²) in [7, 11) is 0. The summed E-state index contributed by atoms with van der Waals surface area (Å²) >= 11 is 5.40. The highest BCUT2D eigenvalue weighted by Crippen LogP contribution is 2.29. The van der Waals surface area contributed by atoms with E-state index in [4.69, 9.17) is 12.2 Å². The molecule has 1 aliphatic rings. The van der Waals surface area contributed by atoms with E-state index in [2.05, 4.69) is 10.3 Å². The number of halogens is 2. The van der Waals surface area contributed by atoms with Gasteiger partial charge in [-0.1, -0.05) is 6.07 Å². The van der Waals surface area contributed by atoms with Crippen LogP contribution in [0.1, 0.15) is 18.4 Å². The van der Waals surface area contributed by atoms with Gasteiger partial charge in [-0.25, -0.2) is 8.78 Å². The topological polar surface area (TPSA) is 28.2 Å². The van der Waals surface area contributed by atoms with Gasteiger partial charge in [-0.15, -0.1) is 0 Å². The Bertz CT molecular complexity index is 674. The molecule has 2 aromatic rings. The Balaban J connectivity index is 1.73. The Morgan fingerprint density at radius 3 is 2.77 bits per heavy atom. The molecule has 0 unspecified atom stereocenters. The largest absolute Gasteiger partial charge is 0.342 e. The second-order valence-electron chi connectivity index (χ2n) is 5.27. The summed E-state index contributed by atoms with van der Waals surface area (Å²) in [6.45, 7) is 0.618. The molecule has 0 bridgehead atoms. The second-order valence-corrected chi connectivity index (χ2v) is 5.66. The molecule has 0 saturated heterocycles. The predicted molar refractivity (Wildman–Crippen MR) is 85.4 cm³/mol. The van der Waals surface area contributed by atoms with Crippen molar-refractivity contribution in [2.24, 2.45) is 0 Å². The molecule has 1 heterocycles. The van der Waals surface area contributed by atoms with Gasteiger partial charge < -0.3 is 10.2 Å². The summed E-state index contributed by atoms with van der Waals surface area (Å²) in [5.74, 6) is -1.26. The number of hydrogen-bond acceptors (Lipinski definition) is 2. The fourth-order valence-corrected chi connectivity index (χ4v) is 2.54. The van der Waals surface area contributed by atoms with Gasteiger partial charge in [0.25, 0.3) is 0 Å². The van der Waals surface area contributed by atoms with Crippen LogP contribution in [0.5, 0.6) is 0 Å². The van der Waals surface area contributed by atoms with E-state index in [1.165, 1.54) is 12.1 Å². The lowest BCUT2D eigenvalue weighted by molar-refractivity contribution is 0.408. The minimum atomic E-state index is -0.653. The van der Waals surface area contributed by atoms with E-state index < -0.39 is 11.6 Å². The van der Waals surface area contributed by atoms with E-state index in [0.29, 0.717) is 17.7 Å². The van der Waals surface area contributed by atoms with Gasteiger partial charge in [0.05, 0.1) is 5.69 Å². The third-order valence-corrected chi connectivity index (χ3v) is 3.83. The predicted octanol–water partition coefficient (Wildman–Crippen LogP) is 3.72. The Morgan fingerprint density at radius 1 is 1.32 bits per heavy atom. The van der Waals surface area contributed by atoms with Gasteiger partial charge in [-0.05, 0) is 48.8 Å². The molecule has 6 heteroatoms. The lowest BCUT2D eigenvalue weighted by Crippen LogP contribution is -2.36. The van der Waals surface area contributed by atoms with Crippen LogP contribution < -0.4 is 5.32 Å². The average Bonchev–Trinajstić information content (AvgIpc) is 3.33. The van der Waals surface area contributed by atoms with Crippen LogP contribution in [0.15, 0.2) is 42.7 Å². The minimum absolute atomic E-state index is 0.184. The van der Waals surface area contributed by atoms with Crippen molar-refractivity contribution in [3.05, 3.63) is 59.9 Å². The second kappa shape index (κ2) is 6.36. The summed E-state index contributed by atoms with van der Waals surface area (Å²) in [6.07, 6.45) is 5.63. The number of hydrogen-bond donors (Lipinski definition) is 1. The van der Waals surface area contributed by atoms with Crippen LogP contribution in [0.2, 0.25) is 0 Å². The summed E-state index contributed by atoms with van der Waals surface area (Å²) in [4.78, 5) is 6.12. The van der Waals surface area contributed by atoms with Gasteiger partial charge in [0.15, 0.2) is 5.11 Å². The molecular weight excluding hydrogens is 304 g/mol. The third-order valence-electron chi connectivity index (χ3n) is 3.50. The Hall–Kier alpha value is -2.08. The fourth-order valence-electron chi connectivity index (χ4n) is 2.22. The number of nitrogens with zero attached hydrogens (tertiary/aromatic N) is 2. The molecule has 3 nitrogen and oxygen atoms in total. The first-order valence-corrected chi connectivity index (χ1v) is 7.46. The standard InChI is InChI=1S/C16H15F2N3S/c17-12-3-6-15(14(18)8-12)20-16(22)21(13-4-5-13)10-11-2-1-7-19-9-11/h1-3,6-9,13H,4-5,10H2,(H,20,22). The molecule has 0 radical (unpaired) electrons. The summed E-state index contributed by atoms with van der Waals surface area (Å²) in [5, 5.41) is 3.32. The van der Waals surface area contributed by atoms with Crippen molar-refractivity contribution in [2.75, 3.05) is 5.32 Å². The van der Waals surface area contributed by atoms with E-state index in [9.17, 15) is 8.78 Å². The maximum Gasteiger partial charge on any atom is 0.174 e. The maximum absolute atomic E-state index is 13.7. The summed E-state index contributed by atoms with van der Waals surface area (Å²) in [6, 6.07) is 7.61. The SMILES string of the molecule is Fc1ccc(NC(=S)N(Cc2cccnc2)C2CC2)c(F)c1. The number of thiocarbonyl (C=S) groups is 1. The molecule has 3 rings (SSSR count). The molecule has 0 amide bonds. The van der Waals surface area contributed by atoms with Gasteiger partial charge >= 0.3 is 0 Å². The normalized spacial score (nSPS) is 13.7. The average molecular weight is 319 g/mol. The first-order chi connectivity index (χ1) is 10.6. The summed E-state index contributed by atoms with van der Waals surface area (Å²) < 4.78 is 26.7. The molecule has 1 saturated carbocycles. The molecule has 1 aromatic carbocycles. The first-order valence-electron chi connectivity index (χ1n) is 7.05. The van der Waals surface area contributed by atoms with Crippen molar-refractivity contribution in [1.82, 2.24) is 9.88 Å². The molecule has 22 heavy (non-hydrogen) atoms. The number of benzene rings is 1. The maximum atomic E-state index is 13.7. The van der Waals surface area contributed by atoms with E-state index in [1.807, 2.05) is 17.0 Å². The smallest absolute Gasteiger partial charge is 0.174 e. The van der Waals surface area contributed by atoms with Crippen LogP contribution in [0, 0.1) is 11.6 Å². The zero-order chi connectivity index (χ0) is 15.5. The number of anilines is 1. The van der Waals surface area contributed by atoms with Crippen LogP contribution in [-0.4, -0.2) is 21.0 Å². The van der Waals surface area contributed by atoms with Crippen LogP contribution in [0.3, 0.4) is 0 Å². The molecule has 1 aromatic heterocycles. The van der Waals surface area contributed by atoms with Gasteiger partial charge in [0, 0.05) is 31.0 Å². The van der Waals surface area contributed by atoms with E-state index in [1.54, 1.807) is 12.4 Å². The van der Waals surface area contributed by atoms with Gasteiger partial charge in [-0.2, -0.15) is 0 Å². The van der Waals surface area contributed by atoms with Crippen molar-refractivity contribution in [3.8, 4) is 0 Å². The lowest BCUT2D eigenvalue weighted by atomic mass is 10.2. The Morgan fingerprint density at radius 2 is 2.14 bits per heavy atom. The quantitative estimate of drug-likeness (QED) is 0.870.